The third-order valence-corrected chi connectivity index (χ3v) is 2.63. The Morgan fingerprint density at radius 3 is 3.00 bits per heavy atom. The number of hydrogen-bond acceptors (Lipinski definition) is 4. The van der Waals surface area contributed by atoms with Crippen molar-refractivity contribution in [3.8, 4) is 5.88 Å². The first kappa shape index (κ1) is 13.8. The molecule has 0 spiro atoms. The van der Waals surface area contributed by atoms with Gasteiger partial charge in [-0.15, -0.1) is 0 Å². The molecule has 2 N–H and O–H groups in total. The Morgan fingerprint density at radius 2 is 2.25 bits per heavy atom. The molecule has 0 saturated heterocycles. The predicted molar refractivity (Wildman–Crippen MR) is 73.6 cm³/mol. The van der Waals surface area contributed by atoms with Crippen LogP contribution in [0.5, 0.6) is 5.88 Å². The zero-order valence-corrected chi connectivity index (χ0v) is 11.1. The van der Waals surface area contributed by atoms with Crippen molar-refractivity contribution in [2.75, 3.05) is 6.61 Å². The number of rotatable bonds is 5. The molecular weight excluding hydrogens is 258 g/mol. The highest BCUT2D eigenvalue weighted by atomic mass is 16.5. The van der Waals surface area contributed by atoms with E-state index in [9.17, 15) is 9.59 Å². The van der Waals surface area contributed by atoms with Crippen LogP contribution in [0.4, 0.5) is 0 Å². The minimum absolute atomic E-state index is 0.0781. The highest BCUT2D eigenvalue weighted by Crippen LogP contribution is 2.13. The van der Waals surface area contributed by atoms with Crippen LogP contribution in [-0.2, 0) is 6.54 Å². The molecule has 2 aromatic rings. The third kappa shape index (κ3) is 3.23. The summed E-state index contributed by atoms with van der Waals surface area (Å²) in [6.45, 7) is 2.60. The lowest BCUT2D eigenvalue weighted by molar-refractivity contribution is 0.0949. The van der Waals surface area contributed by atoms with Crippen molar-refractivity contribution in [2.45, 2.75) is 13.5 Å². The van der Waals surface area contributed by atoms with Crippen LogP contribution >= 0.6 is 0 Å². The number of amides is 1. The second-order valence-electron chi connectivity index (χ2n) is 4.00. The van der Waals surface area contributed by atoms with Crippen LogP contribution in [0.25, 0.3) is 0 Å². The monoisotopic (exact) mass is 273 g/mol. The molecule has 6 nitrogen and oxygen atoms in total. The van der Waals surface area contributed by atoms with Gasteiger partial charge >= 0.3 is 0 Å². The fourth-order valence-corrected chi connectivity index (χ4v) is 1.70. The summed E-state index contributed by atoms with van der Waals surface area (Å²) < 4.78 is 5.37. The molecule has 0 fully saturated rings. The van der Waals surface area contributed by atoms with Crippen molar-refractivity contribution < 1.29 is 9.53 Å². The number of nitrogens with zero attached hydrogens (tertiary/aromatic N) is 1. The minimum atomic E-state index is -0.432. The largest absolute Gasteiger partial charge is 0.478 e. The van der Waals surface area contributed by atoms with Gasteiger partial charge in [0.25, 0.3) is 11.5 Å². The van der Waals surface area contributed by atoms with Gasteiger partial charge in [-0.3, -0.25) is 9.59 Å². The summed E-state index contributed by atoms with van der Waals surface area (Å²) in [5.74, 6) is 0.0513. The molecule has 0 aliphatic rings. The topological polar surface area (TPSA) is 84.1 Å². The normalized spacial score (nSPS) is 10.1. The standard InChI is InChI=1S/C14H15N3O3/c1-2-20-14-10(5-3-8-16-14)9-17-13(19)11-6-4-7-15-12(11)18/h3-8H,2,9H2,1H3,(H,15,18)(H,17,19). The molecule has 0 aliphatic carbocycles. The summed E-state index contributed by atoms with van der Waals surface area (Å²) in [5.41, 5.74) is 0.422. The van der Waals surface area contributed by atoms with Crippen LogP contribution in [-0.4, -0.2) is 22.5 Å². The Bertz CT molecular complexity index is 652. The van der Waals surface area contributed by atoms with Gasteiger partial charge in [-0.25, -0.2) is 4.98 Å². The molecule has 104 valence electrons. The second-order valence-corrected chi connectivity index (χ2v) is 4.00. The predicted octanol–water partition coefficient (Wildman–Crippen LogP) is 1.10. The fourth-order valence-electron chi connectivity index (χ4n) is 1.70. The molecule has 2 rings (SSSR count). The molecule has 0 bridgehead atoms. The molecule has 0 aromatic carbocycles. The molecule has 0 atom stereocenters. The van der Waals surface area contributed by atoms with Crippen molar-refractivity contribution in [1.29, 1.82) is 0 Å². The van der Waals surface area contributed by atoms with Crippen LogP contribution < -0.4 is 15.6 Å². The molecule has 0 radical (unpaired) electrons. The number of H-pyrrole nitrogens is 1. The Morgan fingerprint density at radius 1 is 1.40 bits per heavy atom. The van der Waals surface area contributed by atoms with Gasteiger partial charge in [-0.05, 0) is 25.1 Å². The van der Waals surface area contributed by atoms with Crippen LogP contribution in [0, 0.1) is 0 Å². The lowest BCUT2D eigenvalue weighted by atomic mass is 10.2. The maximum atomic E-state index is 11.9. The zero-order valence-electron chi connectivity index (χ0n) is 11.1. The van der Waals surface area contributed by atoms with Crippen LogP contribution in [0.15, 0.2) is 41.5 Å². The van der Waals surface area contributed by atoms with E-state index in [0.29, 0.717) is 12.5 Å². The zero-order chi connectivity index (χ0) is 14.4. The first-order valence-electron chi connectivity index (χ1n) is 6.25. The molecule has 6 heteroatoms. The quantitative estimate of drug-likeness (QED) is 0.854. The van der Waals surface area contributed by atoms with E-state index in [0.717, 1.165) is 5.56 Å². The maximum absolute atomic E-state index is 11.9. The molecule has 0 aliphatic heterocycles. The number of carbonyl (C=O) groups excluding carboxylic acids is 1. The minimum Gasteiger partial charge on any atom is -0.478 e. The molecule has 0 unspecified atom stereocenters. The Hall–Kier alpha value is -2.63. The van der Waals surface area contributed by atoms with E-state index in [1.807, 2.05) is 13.0 Å². The van der Waals surface area contributed by atoms with Crippen molar-refractivity contribution in [3.63, 3.8) is 0 Å². The Balaban J connectivity index is 2.08. The molecule has 20 heavy (non-hydrogen) atoms. The van der Waals surface area contributed by atoms with Crippen molar-refractivity contribution in [2.24, 2.45) is 0 Å². The first-order valence-corrected chi connectivity index (χ1v) is 6.25. The Kier molecular flexibility index (Phi) is 4.49. The van der Waals surface area contributed by atoms with Gasteiger partial charge in [0.2, 0.25) is 5.88 Å². The molecule has 2 heterocycles. The summed E-state index contributed by atoms with van der Waals surface area (Å²) in [5, 5.41) is 2.68. The number of hydrogen-bond donors (Lipinski definition) is 2. The summed E-state index contributed by atoms with van der Waals surface area (Å²) in [7, 11) is 0. The number of ether oxygens (including phenoxy) is 1. The lowest BCUT2D eigenvalue weighted by Crippen LogP contribution is -2.29. The number of aromatic amines is 1. The highest BCUT2D eigenvalue weighted by Gasteiger charge is 2.11. The average molecular weight is 273 g/mol. The van der Waals surface area contributed by atoms with Crippen LogP contribution in [0.3, 0.4) is 0 Å². The van der Waals surface area contributed by atoms with Gasteiger partial charge in [0.15, 0.2) is 0 Å². The van der Waals surface area contributed by atoms with E-state index in [1.165, 1.54) is 12.3 Å². The summed E-state index contributed by atoms with van der Waals surface area (Å²) in [6, 6.07) is 6.65. The van der Waals surface area contributed by atoms with Crippen molar-refractivity contribution in [3.05, 3.63) is 58.1 Å². The van der Waals surface area contributed by atoms with Gasteiger partial charge in [0.1, 0.15) is 5.56 Å². The van der Waals surface area contributed by atoms with Gasteiger partial charge in [-0.2, -0.15) is 0 Å². The fraction of sp³-hybridized carbons (Fsp3) is 0.214. The highest BCUT2D eigenvalue weighted by molar-refractivity contribution is 5.93. The summed E-state index contributed by atoms with van der Waals surface area (Å²) >= 11 is 0. The van der Waals surface area contributed by atoms with E-state index in [1.54, 1.807) is 18.3 Å². The average Bonchev–Trinajstić information content (AvgIpc) is 2.47. The SMILES string of the molecule is CCOc1ncccc1CNC(=O)c1ccc[nH]c1=O. The van der Waals surface area contributed by atoms with E-state index < -0.39 is 11.5 Å². The third-order valence-electron chi connectivity index (χ3n) is 2.63. The second kappa shape index (κ2) is 6.51. The van der Waals surface area contributed by atoms with E-state index >= 15 is 0 Å². The first-order chi connectivity index (χ1) is 9.72. The number of aromatic nitrogens is 2. The van der Waals surface area contributed by atoms with Gasteiger partial charge < -0.3 is 15.0 Å². The molecule has 2 aromatic heterocycles. The van der Waals surface area contributed by atoms with E-state index in [-0.39, 0.29) is 12.1 Å². The lowest BCUT2D eigenvalue weighted by Gasteiger charge is -2.09. The van der Waals surface area contributed by atoms with Gasteiger partial charge in [-0.1, -0.05) is 6.07 Å². The van der Waals surface area contributed by atoms with Crippen LogP contribution in [0.2, 0.25) is 0 Å². The number of pyridine rings is 2. The van der Waals surface area contributed by atoms with Crippen molar-refractivity contribution >= 4 is 5.91 Å². The summed E-state index contributed by atoms with van der Waals surface area (Å²) in [6.07, 6.45) is 3.10. The maximum Gasteiger partial charge on any atom is 0.260 e. The van der Waals surface area contributed by atoms with Crippen LogP contribution in [0.1, 0.15) is 22.8 Å². The molecular formula is C14H15N3O3. The van der Waals surface area contributed by atoms with E-state index in [4.69, 9.17) is 4.74 Å². The van der Waals surface area contributed by atoms with Gasteiger partial charge in [0.05, 0.1) is 6.61 Å². The molecule has 1 amide bonds. The number of carbonyl (C=O) groups is 1. The van der Waals surface area contributed by atoms with Crippen molar-refractivity contribution in [1.82, 2.24) is 15.3 Å². The summed E-state index contributed by atoms with van der Waals surface area (Å²) in [4.78, 5) is 30.0. The Labute approximate surface area is 115 Å². The molecule has 0 saturated carbocycles. The van der Waals surface area contributed by atoms with E-state index in [2.05, 4.69) is 15.3 Å². The smallest absolute Gasteiger partial charge is 0.260 e. The number of nitrogens with one attached hydrogen (secondary N) is 2. The van der Waals surface area contributed by atoms with Gasteiger partial charge in [0, 0.05) is 24.5 Å².